The predicted octanol–water partition coefficient (Wildman–Crippen LogP) is 3.46. The van der Waals surface area contributed by atoms with Crippen molar-refractivity contribution in [1.29, 1.82) is 0 Å². The second-order valence-corrected chi connectivity index (χ2v) is 6.46. The molecule has 0 aliphatic rings. The maximum Gasteiger partial charge on any atom is 0.293 e. The number of anilines is 1. The number of ether oxygens (including phenoxy) is 1. The fourth-order valence-corrected chi connectivity index (χ4v) is 3.30. The van der Waals surface area contributed by atoms with Crippen molar-refractivity contribution in [3.8, 4) is 5.75 Å². The Bertz CT molecular complexity index is 852. The molecule has 1 amide bonds. The Morgan fingerprint density at radius 2 is 1.93 bits per heavy atom. The highest BCUT2D eigenvalue weighted by molar-refractivity contribution is 5.95. The minimum atomic E-state index is -0.502. The average Bonchev–Trinajstić information content (AvgIpc) is 2.75. The van der Waals surface area contributed by atoms with Crippen LogP contribution in [0.25, 0.3) is 0 Å². The Hall–Kier alpha value is -3.13. The van der Waals surface area contributed by atoms with Gasteiger partial charge in [-0.1, -0.05) is 26.0 Å². The van der Waals surface area contributed by atoms with Gasteiger partial charge >= 0.3 is 0 Å². The van der Waals surface area contributed by atoms with Crippen molar-refractivity contribution < 1.29 is 14.5 Å². The molecule has 0 fully saturated rings. The summed E-state index contributed by atoms with van der Waals surface area (Å²) < 4.78 is 5.33. The van der Waals surface area contributed by atoms with E-state index in [1.165, 1.54) is 12.1 Å². The van der Waals surface area contributed by atoms with Crippen molar-refractivity contribution in [2.75, 3.05) is 39.1 Å². The molecule has 0 heterocycles. The van der Waals surface area contributed by atoms with Crippen molar-refractivity contribution in [2.24, 2.45) is 0 Å². The maximum atomic E-state index is 12.7. The molecule has 8 nitrogen and oxygen atoms in total. The fourth-order valence-electron chi connectivity index (χ4n) is 3.30. The molecule has 1 unspecified atom stereocenters. The molecule has 0 saturated heterocycles. The number of carbonyl (C=O) groups excluding carboxylic acids is 1. The molecule has 29 heavy (non-hydrogen) atoms. The monoisotopic (exact) mass is 400 g/mol. The van der Waals surface area contributed by atoms with Crippen LogP contribution in [0, 0.1) is 10.1 Å². The third kappa shape index (κ3) is 5.45. The van der Waals surface area contributed by atoms with E-state index in [-0.39, 0.29) is 23.2 Å². The lowest BCUT2D eigenvalue weighted by Crippen LogP contribution is -2.38. The second kappa shape index (κ2) is 10.4. The van der Waals surface area contributed by atoms with E-state index in [0.717, 1.165) is 24.4 Å². The lowest BCUT2D eigenvalue weighted by atomic mass is 10.0. The molecule has 2 aromatic rings. The standard InChI is InChI=1S/C21H28N4O4/c1-5-24(6-2)20(15-8-7-9-17(12-15)29-4)14-23-21(26)16-10-11-18(22-3)19(13-16)25(27)28/h7-13,20,22H,5-6,14H2,1-4H3,(H,23,26). The Balaban J connectivity index is 2.23. The molecule has 0 aliphatic heterocycles. The lowest BCUT2D eigenvalue weighted by molar-refractivity contribution is -0.384. The van der Waals surface area contributed by atoms with E-state index >= 15 is 0 Å². The number of benzene rings is 2. The zero-order chi connectivity index (χ0) is 21.4. The van der Waals surface area contributed by atoms with Crippen LogP contribution in [-0.4, -0.2) is 49.5 Å². The minimum Gasteiger partial charge on any atom is -0.497 e. The maximum absolute atomic E-state index is 12.7. The summed E-state index contributed by atoms with van der Waals surface area (Å²) in [6, 6.07) is 12.1. The third-order valence-corrected chi connectivity index (χ3v) is 4.91. The molecule has 1 atom stereocenters. The SMILES string of the molecule is CCN(CC)C(CNC(=O)c1ccc(NC)c([N+](=O)[O-])c1)c1cccc(OC)c1. The van der Waals surface area contributed by atoms with Crippen molar-refractivity contribution in [3.63, 3.8) is 0 Å². The van der Waals surface area contributed by atoms with Crippen molar-refractivity contribution in [3.05, 3.63) is 63.7 Å². The number of amides is 1. The number of hydrogen-bond donors (Lipinski definition) is 2. The summed E-state index contributed by atoms with van der Waals surface area (Å²) in [5.74, 6) is 0.403. The van der Waals surface area contributed by atoms with E-state index in [1.807, 2.05) is 24.3 Å². The summed E-state index contributed by atoms with van der Waals surface area (Å²) in [5, 5.41) is 16.9. The molecule has 2 rings (SSSR count). The molecule has 156 valence electrons. The van der Waals surface area contributed by atoms with E-state index in [1.54, 1.807) is 20.2 Å². The van der Waals surface area contributed by atoms with E-state index in [0.29, 0.717) is 12.2 Å². The molecule has 0 radical (unpaired) electrons. The first kappa shape index (κ1) is 22.2. The summed E-state index contributed by atoms with van der Waals surface area (Å²) in [4.78, 5) is 25.7. The van der Waals surface area contributed by atoms with Crippen LogP contribution in [0.2, 0.25) is 0 Å². The Labute approximate surface area is 171 Å². The van der Waals surface area contributed by atoms with E-state index in [9.17, 15) is 14.9 Å². The van der Waals surface area contributed by atoms with Gasteiger partial charge in [-0.15, -0.1) is 0 Å². The smallest absolute Gasteiger partial charge is 0.293 e. The normalized spacial score (nSPS) is 11.8. The highest BCUT2D eigenvalue weighted by atomic mass is 16.6. The highest BCUT2D eigenvalue weighted by Gasteiger charge is 2.21. The van der Waals surface area contributed by atoms with Gasteiger partial charge < -0.3 is 15.4 Å². The zero-order valence-corrected chi connectivity index (χ0v) is 17.3. The summed E-state index contributed by atoms with van der Waals surface area (Å²) in [6.45, 7) is 6.14. The quantitative estimate of drug-likeness (QED) is 0.468. The van der Waals surface area contributed by atoms with Crippen LogP contribution in [-0.2, 0) is 0 Å². The number of nitro benzene ring substituents is 1. The van der Waals surface area contributed by atoms with Crippen LogP contribution in [0.3, 0.4) is 0 Å². The van der Waals surface area contributed by atoms with Crippen molar-refractivity contribution in [1.82, 2.24) is 10.2 Å². The fraction of sp³-hybridized carbons (Fsp3) is 0.381. The summed E-state index contributed by atoms with van der Waals surface area (Å²) >= 11 is 0. The van der Waals surface area contributed by atoms with Crippen molar-refractivity contribution >= 4 is 17.3 Å². The Morgan fingerprint density at radius 3 is 2.52 bits per heavy atom. The van der Waals surface area contributed by atoms with Gasteiger partial charge in [0.15, 0.2) is 0 Å². The molecular formula is C21H28N4O4. The first-order valence-electron chi connectivity index (χ1n) is 9.57. The van der Waals surface area contributed by atoms with Gasteiger partial charge in [0.05, 0.1) is 18.1 Å². The number of hydrogen-bond acceptors (Lipinski definition) is 6. The molecule has 2 aromatic carbocycles. The third-order valence-electron chi connectivity index (χ3n) is 4.91. The number of methoxy groups -OCH3 is 1. The number of likely N-dealkylation sites (N-methyl/N-ethyl adjacent to an activating group) is 1. The molecule has 0 spiro atoms. The number of carbonyl (C=O) groups is 1. The average molecular weight is 400 g/mol. The largest absolute Gasteiger partial charge is 0.497 e. The summed E-state index contributed by atoms with van der Waals surface area (Å²) in [7, 11) is 3.22. The lowest BCUT2D eigenvalue weighted by Gasteiger charge is -2.30. The van der Waals surface area contributed by atoms with Crippen LogP contribution < -0.4 is 15.4 Å². The van der Waals surface area contributed by atoms with Gasteiger partial charge in [-0.3, -0.25) is 19.8 Å². The molecule has 0 bridgehead atoms. The topological polar surface area (TPSA) is 96.7 Å². The van der Waals surface area contributed by atoms with Gasteiger partial charge in [0.2, 0.25) is 0 Å². The highest BCUT2D eigenvalue weighted by Crippen LogP contribution is 2.26. The molecular weight excluding hydrogens is 372 g/mol. The van der Waals surface area contributed by atoms with Gasteiger partial charge in [-0.25, -0.2) is 0 Å². The molecule has 8 heteroatoms. The molecule has 0 aromatic heterocycles. The van der Waals surface area contributed by atoms with Gasteiger partial charge in [0.25, 0.3) is 11.6 Å². The summed E-state index contributed by atoms with van der Waals surface area (Å²) in [5.41, 5.74) is 1.52. The van der Waals surface area contributed by atoms with Gasteiger partial charge in [0, 0.05) is 25.2 Å². The first-order valence-corrected chi connectivity index (χ1v) is 9.57. The minimum absolute atomic E-state index is 0.0457. The number of nitrogens with zero attached hydrogens (tertiary/aromatic N) is 2. The molecule has 0 aliphatic carbocycles. The Morgan fingerprint density at radius 1 is 1.21 bits per heavy atom. The number of nitrogens with one attached hydrogen (secondary N) is 2. The number of rotatable bonds is 10. The van der Waals surface area contributed by atoms with Gasteiger partial charge in [0.1, 0.15) is 11.4 Å². The Kier molecular flexibility index (Phi) is 7.97. The van der Waals surface area contributed by atoms with E-state index < -0.39 is 4.92 Å². The molecule has 0 saturated carbocycles. The van der Waals surface area contributed by atoms with Crippen LogP contribution in [0.1, 0.15) is 35.8 Å². The second-order valence-electron chi connectivity index (χ2n) is 6.46. The van der Waals surface area contributed by atoms with Crippen LogP contribution in [0.5, 0.6) is 5.75 Å². The van der Waals surface area contributed by atoms with E-state index in [4.69, 9.17) is 4.74 Å². The summed E-state index contributed by atoms with van der Waals surface area (Å²) in [6.07, 6.45) is 0. The van der Waals surface area contributed by atoms with Gasteiger partial charge in [-0.2, -0.15) is 0 Å². The van der Waals surface area contributed by atoms with Crippen LogP contribution in [0.4, 0.5) is 11.4 Å². The van der Waals surface area contributed by atoms with Crippen LogP contribution >= 0.6 is 0 Å². The number of nitro groups is 1. The van der Waals surface area contributed by atoms with Crippen LogP contribution in [0.15, 0.2) is 42.5 Å². The van der Waals surface area contributed by atoms with Gasteiger partial charge in [-0.05, 0) is 42.9 Å². The first-order chi connectivity index (χ1) is 13.9. The molecule has 2 N–H and O–H groups in total. The zero-order valence-electron chi connectivity index (χ0n) is 17.3. The van der Waals surface area contributed by atoms with Crippen molar-refractivity contribution in [2.45, 2.75) is 19.9 Å². The van der Waals surface area contributed by atoms with E-state index in [2.05, 4.69) is 29.4 Å². The predicted molar refractivity (Wildman–Crippen MR) is 114 cm³/mol.